The molecule has 164 valence electrons. The Morgan fingerprint density at radius 3 is 2.53 bits per heavy atom. The van der Waals surface area contributed by atoms with Gasteiger partial charge >= 0.3 is 12.2 Å². The fraction of sp³-hybridized carbons (Fsp3) is 0.130. The highest BCUT2D eigenvalue weighted by molar-refractivity contribution is 6.02. The van der Waals surface area contributed by atoms with Crippen molar-refractivity contribution < 1.29 is 27.2 Å². The summed E-state index contributed by atoms with van der Waals surface area (Å²) in [7, 11) is 0. The molecule has 0 unspecified atom stereocenters. The Morgan fingerprint density at radius 1 is 0.969 bits per heavy atom. The number of furan rings is 1. The molecule has 3 aromatic rings. The normalized spacial score (nSPS) is 10.6. The fourth-order valence-electron chi connectivity index (χ4n) is 2.65. The highest BCUT2D eigenvalue weighted by Gasteiger charge is 2.30. The number of alkyl halides is 3. The van der Waals surface area contributed by atoms with Crippen molar-refractivity contribution in [2.24, 2.45) is 0 Å². The topological polar surface area (TPSA) is 83.4 Å². The minimum absolute atomic E-state index is 0.0404. The van der Waals surface area contributed by atoms with Crippen molar-refractivity contribution in [1.29, 1.82) is 0 Å². The summed E-state index contributed by atoms with van der Waals surface area (Å²) in [4.78, 5) is 23.9. The molecule has 2 aromatic carbocycles. The fourth-order valence-corrected chi connectivity index (χ4v) is 2.65. The van der Waals surface area contributed by atoms with Crippen LogP contribution in [0.25, 0.3) is 0 Å². The van der Waals surface area contributed by atoms with E-state index in [1.807, 2.05) is 0 Å². The van der Waals surface area contributed by atoms with Crippen molar-refractivity contribution in [3.63, 3.8) is 0 Å². The molecular weight excluding hydrogens is 423 g/mol. The number of carbonyl (C=O) groups is 2. The average molecular weight is 441 g/mol. The molecule has 0 atom stereocenters. The maximum absolute atomic E-state index is 12.7. The van der Waals surface area contributed by atoms with Crippen molar-refractivity contribution >= 4 is 17.6 Å². The number of benzene rings is 2. The number of carbonyl (C=O) groups excluding carboxylic acids is 2. The van der Waals surface area contributed by atoms with E-state index in [4.69, 9.17) is 4.42 Å². The third-order valence-corrected chi connectivity index (χ3v) is 4.14. The molecular formula is C23H18F3N3O3. The maximum Gasteiger partial charge on any atom is 0.416 e. The molecule has 0 saturated heterocycles. The number of rotatable bonds is 5. The van der Waals surface area contributed by atoms with Crippen molar-refractivity contribution in [1.82, 2.24) is 10.6 Å². The van der Waals surface area contributed by atoms with Crippen LogP contribution in [-0.4, -0.2) is 18.5 Å². The minimum Gasteiger partial charge on any atom is -0.459 e. The largest absolute Gasteiger partial charge is 0.459 e. The molecule has 32 heavy (non-hydrogen) atoms. The van der Waals surface area contributed by atoms with Gasteiger partial charge in [0.2, 0.25) is 0 Å². The molecule has 0 radical (unpaired) electrons. The number of anilines is 1. The van der Waals surface area contributed by atoms with Crippen molar-refractivity contribution in [3.8, 4) is 11.8 Å². The van der Waals surface area contributed by atoms with Crippen molar-refractivity contribution in [2.45, 2.75) is 12.7 Å². The van der Waals surface area contributed by atoms with E-state index in [-0.39, 0.29) is 24.4 Å². The van der Waals surface area contributed by atoms with Crippen LogP contribution in [0.15, 0.2) is 71.3 Å². The summed E-state index contributed by atoms with van der Waals surface area (Å²) < 4.78 is 43.1. The van der Waals surface area contributed by atoms with Gasteiger partial charge in [0, 0.05) is 17.8 Å². The molecule has 0 bridgehead atoms. The van der Waals surface area contributed by atoms with Gasteiger partial charge < -0.3 is 20.4 Å². The van der Waals surface area contributed by atoms with E-state index < -0.39 is 23.7 Å². The lowest BCUT2D eigenvalue weighted by Gasteiger charge is -2.08. The smallest absolute Gasteiger partial charge is 0.416 e. The molecule has 3 rings (SSSR count). The number of halogens is 3. The van der Waals surface area contributed by atoms with Gasteiger partial charge in [-0.15, -0.1) is 0 Å². The van der Waals surface area contributed by atoms with Crippen LogP contribution in [-0.2, 0) is 12.7 Å². The zero-order valence-electron chi connectivity index (χ0n) is 16.6. The van der Waals surface area contributed by atoms with Crippen LogP contribution in [0.3, 0.4) is 0 Å². The van der Waals surface area contributed by atoms with Crippen molar-refractivity contribution in [3.05, 3.63) is 89.4 Å². The summed E-state index contributed by atoms with van der Waals surface area (Å²) in [5.74, 6) is 4.98. The first-order valence-corrected chi connectivity index (χ1v) is 9.43. The van der Waals surface area contributed by atoms with E-state index in [0.29, 0.717) is 5.69 Å². The van der Waals surface area contributed by atoms with Gasteiger partial charge in [0.25, 0.3) is 5.91 Å². The van der Waals surface area contributed by atoms with Crippen LogP contribution in [0.1, 0.15) is 27.2 Å². The second-order valence-electron chi connectivity index (χ2n) is 6.55. The SMILES string of the molecule is O=C(NCC#Cc1cccc(C(F)(F)F)c1)NCc1cccc(NC(=O)c2ccco2)c1. The second-order valence-corrected chi connectivity index (χ2v) is 6.55. The van der Waals surface area contributed by atoms with Crippen molar-refractivity contribution in [2.75, 3.05) is 11.9 Å². The Labute approximate surface area is 181 Å². The summed E-state index contributed by atoms with van der Waals surface area (Å²) in [6, 6.07) is 14.2. The summed E-state index contributed by atoms with van der Waals surface area (Å²) in [5.41, 5.74) is 0.707. The number of urea groups is 1. The van der Waals surface area contributed by atoms with E-state index >= 15 is 0 Å². The molecule has 0 aliphatic rings. The lowest BCUT2D eigenvalue weighted by atomic mass is 10.1. The molecule has 1 aromatic heterocycles. The molecule has 0 aliphatic heterocycles. The predicted octanol–water partition coefficient (Wildman–Crippen LogP) is 4.40. The highest BCUT2D eigenvalue weighted by atomic mass is 19.4. The Bertz CT molecular complexity index is 1150. The molecule has 0 saturated carbocycles. The van der Waals surface area contributed by atoms with Crippen LogP contribution in [0.2, 0.25) is 0 Å². The second kappa shape index (κ2) is 10.2. The van der Waals surface area contributed by atoms with E-state index in [1.54, 1.807) is 36.4 Å². The van der Waals surface area contributed by atoms with Crippen LogP contribution in [0.4, 0.5) is 23.7 Å². The summed E-state index contributed by atoms with van der Waals surface area (Å²) >= 11 is 0. The van der Waals surface area contributed by atoms with E-state index in [2.05, 4.69) is 27.8 Å². The van der Waals surface area contributed by atoms with Gasteiger partial charge in [-0.1, -0.05) is 30.0 Å². The third kappa shape index (κ3) is 6.67. The first-order chi connectivity index (χ1) is 15.3. The zero-order valence-corrected chi connectivity index (χ0v) is 16.6. The van der Waals surface area contributed by atoms with E-state index in [0.717, 1.165) is 17.7 Å². The van der Waals surface area contributed by atoms with Gasteiger partial charge in [-0.3, -0.25) is 4.79 Å². The van der Waals surface area contributed by atoms with Gasteiger partial charge in [0.15, 0.2) is 5.76 Å². The van der Waals surface area contributed by atoms with Gasteiger partial charge in [-0.05, 0) is 48.0 Å². The molecule has 3 N–H and O–H groups in total. The predicted molar refractivity (Wildman–Crippen MR) is 112 cm³/mol. The number of hydrogen-bond acceptors (Lipinski definition) is 3. The van der Waals surface area contributed by atoms with E-state index in [1.165, 1.54) is 18.4 Å². The molecule has 0 aliphatic carbocycles. The van der Waals surface area contributed by atoms with Crippen LogP contribution in [0.5, 0.6) is 0 Å². The Kier molecular flexibility index (Phi) is 7.18. The quantitative estimate of drug-likeness (QED) is 0.513. The molecule has 3 amide bonds. The summed E-state index contributed by atoms with van der Waals surface area (Å²) in [5, 5.41) is 7.84. The lowest BCUT2D eigenvalue weighted by molar-refractivity contribution is -0.137. The van der Waals surface area contributed by atoms with Gasteiger partial charge in [-0.25, -0.2) is 4.79 Å². The molecule has 0 spiro atoms. The van der Waals surface area contributed by atoms with Gasteiger partial charge in [-0.2, -0.15) is 13.2 Å². The zero-order chi connectivity index (χ0) is 23.0. The standard InChI is InChI=1S/C23H18F3N3O3/c24-23(25,26)18-8-1-5-16(13-18)7-3-11-27-22(31)28-15-17-6-2-9-19(14-17)29-21(30)20-10-4-12-32-20/h1-2,4-6,8-10,12-14H,11,15H2,(H,29,30)(H2,27,28,31). The number of amides is 3. The van der Waals surface area contributed by atoms with Gasteiger partial charge in [0.05, 0.1) is 18.4 Å². The first kappa shape index (κ1) is 22.5. The maximum atomic E-state index is 12.7. The highest BCUT2D eigenvalue weighted by Crippen LogP contribution is 2.29. The Balaban J connectivity index is 1.46. The summed E-state index contributed by atoms with van der Waals surface area (Å²) in [6.07, 6.45) is -3.04. The number of nitrogens with one attached hydrogen (secondary N) is 3. The van der Waals surface area contributed by atoms with Crippen LogP contribution in [0, 0.1) is 11.8 Å². The Morgan fingerprint density at radius 2 is 1.78 bits per heavy atom. The molecule has 9 heteroatoms. The first-order valence-electron chi connectivity index (χ1n) is 9.43. The Hall–Kier alpha value is -4.19. The molecule has 1 heterocycles. The average Bonchev–Trinajstić information content (AvgIpc) is 3.30. The monoisotopic (exact) mass is 441 g/mol. The van der Waals surface area contributed by atoms with E-state index in [9.17, 15) is 22.8 Å². The van der Waals surface area contributed by atoms with Crippen LogP contribution >= 0.6 is 0 Å². The van der Waals surface area contributed by atoms with Crippen LogP contribution < -0.4 is 16.0 Å². The number of hydrogen-bond donors (Lipinski definition) is 3. The molecule has 6 nitrogen and oxygen atoms in total. The minimum atomic E-state index is -4.44. The van der Waals surface area contributed by atoms with Gasteiger partial charge in [0.1, 0.15) is 0 Å². The third-order valence-electron chi connectivity index (χ3n) is 4.14. The summed E-state index contributed by atoms with van der Waals surface area (Å²) in [6.45, 7) is 0.151. The lowest BCUT2D eigenvalue weighted by Crippen LogP contribution is -2.35. The molecule has 0 fully saturated rings.